The van der Waals surface area contributed by atoms with E-state index in [-0.39, 0.29) is 5.69 Å². The number of hydrogen-bond donors (Lipinski definition) is 1. The highest BCUT2D eigenvalue weighted by atomic mass is 16.4. The molecule has 0 aliphatic carbocycles. The van der Waals surface area contributed by atoms with Gasteiger partial charge in [0.1, 0.15) is 0 Å². The fourth-order valence-electron chi connectivity index (χ4n) is 1.70. The minimum Gasteiger partial charge on any atom is -0.476 e. The molecule has 0 amide bonds. The average Bonchev–Trinajstić information content (AvgIpc) is 2.75. The van der Waals surface area contributed by atoms with Gasteiger partial charge < -0.3 is 9.52 Å². The molecule has 1 aliphatic heterocycles. The van der Waals surface area contributed by atoms with E-state index in [2.05, 4.69) is 9.88 Å². The number of carboxylic acid groups (broad SMARTS) is 1. The third-order valence-corrected chi connectivity index (χ3v) is 2.41. The number of oxazole rings is 1. The van der Waals surface area contributed by atoms with Gasteiger partial charge in [-0.1, -0.05) is 0 Å². The first-order valence-corrected chi connectivity index (χ1v) is 4.65. The third kappa shape index (κ3) is 1.77. The van der Waals surface area contributed by atoms with E-state index in [1.807, 2.05) is 0 Å². The topological polar surface area (TPSA) is 66.6 Å². The van der Waals surface area contributed by atoms with E-state index < -0.39 is 5.97 Å². The highest BCUT2D eigenvalue weighted by Gasteiger charge is 2.19. The molecule has 1 N–H and O–H groups in total. The molecule has 2 heterocycles. The van der Waals surface area contributed by atoms with Gasteiger partial charge in [-0.2, -0.15) is 0 Å². The van der Waals surface area contributed by atoms with E-state index in [1.54, 1.807) is 0 Å². The van der Waals surface area contributed by atoms with Crippen LogP contribution in [-0.2, 0) is 6.54 Å². The largest absolute Gasteiger partial charge is 0.476 e. The second-order valence-corrected chi connectivity index (χ2v) is 3.41. The Balaban J connectivity index is 2.07. The Bertz CT molecular complexity index is 329. The van der Waals surface area contributed by atoms with Crippen molar-refractivity contribution in [1.82, 2.24) is 9.88 Å². The Morgan fingerprint density at radius 2 is 2.29 bits per heavy atom. The molecule has 1 fully saturated rings. The summed E-state index contributed by atoms with van der Waals surface area (Å²) >= 11 is 0. The molecule has 1 saturated heterocycles. The van der Waals surface area contributed by atoms with Crippen LogP contribution in [0.2, 0.25) is 0 Å². The molecule has 2 rings (SSSR count). The van der Waals surface area contributed by atoms with Crippen molar-refractivity contribution < 1.29 is 14.3 Å². The molecule has 1 aliphatic rings. The number of nitrogens with zero attached hydrogens (tertiary/aromatic N) is 2. The van der Waals surface area contributed by atoms with Gasteiger partial charge in [-0.05, 0) is 25.9 Å². The van der Waals surface area contributed by atoms with E-state index >= 15 is 0 Å². The van der Waals surface area contributed by atoms with Gasteiger partial charge in [0.25, 0.3) is 0 Å². The third-order valence-electron chi connectivity index (χ3n) is 2.41. The summed E-state index contributed by atoms with van der Waals surface area (Å²) in [5.41, 5.74) is 0.0388. The van der Waals surface area contributed by atoms with Crippen molar-refractivity contribution in [2.75, 3.05) is 13.1 Å². The fourth-order valence-corrected chi connectivity index (χ4v) is 1.70. The van der Waals surface area contributed by atoms with Crippen molar-refractivity contribution in [2.45, 2.75) is 19.4 Å². The first-order valence-electron chi connectivity index (χ1n) is 4.65. The van der Waals surface area contributed by atoms with Crippen molar-refractivity contribution in [3.8, 4) is 0 Å². The van der Waals surface area contributed by atoms with Crippen LogP contribution in [0.4, 0.5) is 0 Å². The standard InChI is InChI=1S/C9H12N2O3/c12-9(13)8-7(14-6-10-8)5-11-3-1-2-4-11/h6H,1-5H2,(H,12,13). The summed E-state index contributed by atoms with van der Waals surface area (Å²) in [6.07, 6.45) is 3.54. The van der Waals surface area contributed by atoms with Crippen LogP contribution in [0.5, 0.6) is 0 Å². The zero-order chi connectivity index (χ0) is 9.97. The van der Waals surface area contributed by atoms with E-state index in [0.717, 1.165) is 13.1 Å². The Morgan fingerprint density at radius 3 is 2.93 bits per heavy atom. The minimum atomic E-state index is -1.02. The number of aromatic nitrogens is 1. The van der Waals surface area contributed by atoms with E-state index in [9.17, 15) is 4.79 Å². The summed E-state index contributed by atoms with van der Waals surface area (Å²) < 4.78 is 5.05. The molecule has 1 aromatic heterocycles. The van der Waals surface area contributed by atoms with Crippen LogP contribution in [0.3, 0.4) is 0 Å². The second-order valence-electron chi connectivity index (χ2n) is 3.41. The predicted molar refractivity (Wildman–Crippen MR) is 48.0 cm³/mol. The Morgan fingerprint density at radius 1 is 1.57 bits per heavy atom. The summed E-state index contributed by atoms with van der Waals surface area (Å²) in [4.78, 5) is 16.6. The Hall–Kier alpha value is -1.36. The molecule has 0 spiro atoms. The van der Waals surface area contributed by atoms with Gasteiger partial charge in [0.05, 0.1) is 6.54 Å². The van der Waals surface area contributed by atoms with Crippen molar-refractivity contribution in [3.05, 3.63) is 17.8 Å². The lowest BCUT2D eigenvalue weighted by molar-refractivity contribution is 0.0687. The van der Waals surface area contributed by atoms with Crippen molar-refractivity contribution in [3.63, 3.8) is 0 Å². The second kappa shape index (κ2) is 3.79. The maximum absolute atomic E-state index is 10.7. The van der Waals surface area contributed by atoms with Crippen molar-refractivity contribution >= 4 is 5.97 Å². The summed E-state index contributed by atoms with van der Waals surface area (Å²) in [6.45, 7) is 2.58. The number of likely N-dealkylation sites (tertiary alicyclic amines) is 1. The van der Waals surface area contributed by atoms with E-state index in [4.69, 9.17) is 9.52 Å². The summed E-state index contributed by atoms with van der Waals surface area (Å²) in [5.74, 6) is -0.563. The first kappa shape index (κ1) is 9.21. The highest BCUT2D eigenvalue weighted by Crippen LogP contribution is 2.15. The highest BCUT2D eigenvalue weighted by molar-refractivity contribution is 5.86. The summed E-state index contributed by atoms with van der Waals surface area (Å²) in [7, 11) is 0. The normalized spacial score (nSPS) is 17.4. The summed E-state index contributed by atoms with van der Waals surface area (Å²) in [6, 6.07) is 0. The molecule has 0 atom stereocenters. The van der Waals surface area contributed by atoms with Crippen LogP contribution >= 0.6 is 0 Å². The predicted octanol–water partition coefficient (Wildman–Crippen LogP) is 0.969. The Kier molecular flexibility index (Phi) is 2.49. The van der Waals surface area contributed by atoms with Crippen LogP contribution < -0.4 is 0 Å². The number of hydrogen-bond acceptors (Lipinski definition) is 4. The molecule has 5 nitrogen and oxygen atoms in total. The molecule has 0 radical (unpaired) electrons. The maximum Gasteiger partial charge on any atom is 0.358 e. The van der Waals surface area contributed by atoms with Gasteiger partial charge in [-0.3, -0.25) is 4.90 Å². The van der Waals surface area contributed by atoms with Crippen LogP contribution in [0.1, 0.15) is 29.1 Å². The van der Waals surface area contributed by atoms with Crippen molar-refractivity contribution in [1.29, 1.82) is 0 Å². The number of carbonyl (C=O) groups is 1. The van der Waals surface area contributed by atoms with Crippen LogP contribution in [-0.4, -0.2) is 34.0 Å². The number of aromatic carboxylic acids is 1. The number of rotatable bonds is 3. The van der Waals surface area contributed by atoms with Gasteiger partial charge in [0.15, 0.2) is 17.8 Å². The zero-order valence-corrected chi connectivity index (χ0v) is 7.77. The zero-order valence-electron chi connectivity index (χ0n) is 7.77. The fraction of sp³-hybridized carbons (Fsp3) is 0.556. The average molecular weight is 196 g/mol. The lowest BCUT2D eigenvalue weighted by Gasteiger charge is -2.11. The molecular weight excluding hydrogens is 184 g/mol. The molecule has 0 aromatic carbocycles. The van der Waals surface area contributed by atoms with Crippen LogP contribution in [0.15, 0.2) is 10.8 Å². The number of carboxylic acids is 1. The molecule has 0 saturated carbocycles. The summed E-state index contributed by atoms with van der Waals surface area (Å²) in [5, 5.41) is 8.79. The van der Waals surface area contributed by atoms with Crippen LogP contribution in [0.25, 0.3) is 0 Å². The van der Waals surface area contributed by atoms with E-state index in [0.29, 0.717) is 12.3 Å². The monoisotopic (exact) mass is 196 g/mol. The van der Waals surface area contributed by atoms with Gasteiger partial charge in [-0.25, -0.2) is 9.78 Å². The molecule has 76 valence electrons. The van der Waals surface area contributed by atoms with Gasteiger partial charge >= 0.3 is 5.97 Å². The minimum absolute atomic E-state index is 0.0388. The lowest BCUT2D eigenvalue weighted by atomic mass is 10.3. The smallest absolute Gasteiger partial charge is 0.358 e. The molecule has 14 heavy (non-hydrogen) atoms. The SMILES string of the molecule is O=C(O)c1ncoc1CN1CCCC1. The van der Waals surface area contributed by atoms with Gasteiger partial charge in [-0.15, -0.1) is 0 Å². The molecule has 1 aromatic rings. The van der Waals surface area contributed by atoms with Crippen molar-refractivity contribution in [2.24, 2.45) is 0 Å². The van der Waals surface area contributed by atoms with Gasteiger partial charge in [0.2, 0.25) is 0 Å². The Labute approximate surface area is 81.3 Å². The first-order chi connectivity index (χ1) is 6.77. The molecule has 0 bridgehead atoms. The lowest BCUT2D eigenvalue weighted by Crippen LogP contribution is -2.19. The van der Waals surface area contributed by atoms with Gasteiger partial charge in [0, 0.05) is 0 Å². The molecular formula is C9H12N2O3. The maximum atomic E-state index is 10.7. The molecule has 0 unspecified atom stereocenters. The van der Waals surface area contributed by atoms with E-state index in [1.165, 1.54) is 19.2 Å². The molecule has 5 heteroatoms. The van der Waals surface area contributed by atoms with Crippen LogP contribution in [0, 0.1) is 0 Å². The quantitative estimate of drug-likeness (QED) is 0.780.